The minimum absolute atomic E-state index is 0.301. The topological polar surface area (TPSA) is 0 Å². The third-order valence-corrected chi connectivity index (χ3v) is 2.29. The summed E-state index contributed by atoms with van der Waals surface area (Å²) in [5.74, 6) is -0.827. The zero-order valence-corrected chi connectivity index (χ0v) is 10.3. The first-order valence-corrected chi connectivity index (χ1v) is 5.69. The first-order valence-electron chi connectivity index (χ1n) is 5.69. The highest BCUT2D eigenvalue weighted by Gasteiger charge is 2.05. The highest BCUT2D eigenvalue weighted by molar-refractivity contribution is 5.64. The van der Waals surface area contributed by atoms with Crippen molar-refractivity contribution >= 4 is 0 Å². The quantitative estimate of drug-likeness (QED) is 0.653. The maximum atomic E-state index is 13.4. The SMILES string of the molecule is CC.Cc1ccc(-c2cc(F)ccc2F)cc1. The molecule has 0 saturated heterocycles. The number of rotatable bonds is 1. The van der Waals surface area contributed by atoms with Crippen LogP contribution in [-0.4, -0.2) is 0 Å². The summed E-state index contributed by atoms with van der Waals surface area (Å²) in [7, 11) is 0. The Morgan fingerprint density at radius 2 is 1.41 bits per heavy atom. The van der Waals surface area contributed by atoms with Crippen LogP contribution in [0.4, 0.5) is 8.78 Å². The summed E-state index contributed by atoms with van der Waals surface area (Å²) in [6.07, 6.45) is 0. The Morgan fingerprint density at radius 3 is 2.00 bits per heavy atom. The van der Waals surface area contributed by atoms with Crippen molar-refractivity contribution in [3.8, 4) is 11.1 Å². The fourth-order valence-corrected chi connectivity index (χ4v) is 1.45. The van der Waals surface area contributed by atoms with Gasteiger partial charge in [-0.25, -0.2) is 8.78 Å². The number of hydrogen-bond acceptors (Lipinski definition) is 0. The van der Waals surface area contributed by atoms with E-state index in [0.29, 0.717) is 11.1 Å². The lowest BCUT2D eigenvalue weighted by molar-refractivity contribution is 0.603. The van der Waals surface area contributed by atoms with Gasteiger partial charge in [0.1, 0.15) is 11.6 Å². The third-order valence-electron chi connectivity index (χ3n) is 2.29. The second kappa shape index (κ2) is 6.14. The second-order valence-corrected chi connectivity index (χ2v) is 3.49. The van der Waals surface area contributed by atoms with Crippen molar-refractivity contribution < 1.29 is 8.78 Å². The van der Waals surface area contributed by atoms with Crippen molar-refractivity contribution in [2.75, 3.05) is 0 Å². The number of halogens is 2. The molecule has 0 nitrogen and oxygen atoms in total. The molecule has 0 spiro atoms. The summed E-state index contributed by atoms with van der Waals surface area (Å²) in [6.45, 7) is 5.95. The zero-order chi connectivity index (χ0) is 12.8. The van der Waals surface area contributed by atoms with E-state index < -0.39 is 11.6 Å². The van der Waals surface area contributed by atoms with Gasteiger partial charge in [0.05, 0.1) is 0 Å². The molecular formula is C15H16F2. The molecular weight excluding hydrogens is 218 g/mol. The molecule has 0 fully saturated rings. The van der Waals surface area contributed by atoms with Crippen LogP contribution in [0, 0.1) is 18.6 Å². The molecule has 17 heavy (non-hydrogen) atoms. The van der Waals surface area contributed by atoms with Crippen molar-refractivity contribution in [1.82, 2.24) is 0 Å². The molecule has 2 aromatic carbocycles. The smallest absolute Gasteiger partial charge is 0.131 e. The van der Waals surface area contributed by atoms with Crippen LogP contribution < -0.4 is 0 Å². The van der Waals surface area contributed by atoms with Crippen molar-refractivity contribution in [3.05, 3.63) is 59.7 Å². The lowest BCUT2D eigenvalue weighted by atomic mass is 10.0. The van der Waals surface area contributed by atoms with E-state index in [9.17, 15) is 8.78 Å². The van der Waals surface area contributed by atoms with Crippen LogP contribution in [0.5, 0.6) is 0 Å². The molecule has 2 rings (SSSR count). The summed E-state index contributed by atoms with van der Waals surface area (Å²) >= 11 is 0. The van der Waals surface area contributed by atoms with Gasteiger partial charge in [0.15, 0.2) is 0 Å². The molecule has 0 amide bonds. The Hall–Kier alpha value is -1.70. The van der Waals surface area contributed by atoms with Crippen molar-refractivity contribution in [2.24, 2.45) is 0 Å². The molecule has 0 unspecified atom stereocenters. The molecule has 0 heterocycles. The van der Waals surface area contributed by atoms with Crippen LogP contribution in [-0.2, 0) is 0 Å². The van der Waals surface area contributed by atoms with Gasteiger partial charge in [-0.2, -0.15) is 0 Å². The van der Waals surface area contributed by atoms with Crippen LogP contribution in [0.1, 0.15) is 19.4 Å². The lowest BCUT2D eigenvalue weighted by Gasteiger charge is -2.03. The van der Waals surface area contributed by atoms with Crippen molar-refractivity contribution in [1.29, 1.82) is 0 Å². The summed E-state index contributed by atoms with van der Waals surface area (Å²) in [6, 6.07) is 10.8. The van der Waals surface area contributed by atoms with Gasteiger partial charge in [-0.1, -0.05) is 43.7 Å². The van der Waals surface area contributed by atoms with Gasteiger partial charge in [0.25, 0.3) is 0 Å². The van der Waals surface area contributed by atoms with Gasteiger partial charge in [0.2, 0.25) is 0 Å². The van der Waals surface area contributed by atoms with Crippen LogP contribution >= 0.6 is 0 Å². The molecule has 0 bridgehead atoms. The van der Waals surface area contributed by atoms with Crippen LogP contribution in [0.3, 0.4) is 0 Å². The molecule has 2 heteroatoms. The first kappa shape index (κ1) is 13.4. The van der Waals surface area contributed by atoms with Crippen LogP contribution in [0.15, 0.2) is 42.5 Å². The molecule has 0 atom stereocenters. The fraction of sp³-hybridized carbons (Fsp3) is 0.200. The van der Waals surface area contributed by atoms with E-state index in [-0.39, 0.29) is 0 Å². The zero-order valence-electron chi connectivity index (χ0n) is 10.3. The Kier molecular flexibility index (Phi) is 4.83. The average Bonchev–Trinajstić information content (AvgIpc) is 2.36. The van der Waals surface area contributed by atoms with Gasteiger partial charge in [-0.15, -0.1) is 0 Å². The molecule has 0 aliphatic rings. The van der Waals surface area contributed by atoms with Gasteiger partial charge in [-0.3, -0.25) is 0 Å². The minimum Gasteiger partial charge on any atom is -0.207 e. The molecule has 2 aromatic rings. The fourth-order valence-electron chi connectivity index (χ4n) is 1.45. The molecule has 90 valence electrons. The molecule has 0 N–H and O–H groups in total. The van der Waals surface area contributed by atoms with Crippen molar-refractivity contribution in [3.63, 3.8) is 0 Å². The number of benzene rings is 2. The summed E-state index contributed by atoms with van der Waals surface area (Å²) in [5.41, 5.74) is 2.09. The normalized spacial score (nSPS) is 9.47. The molecule has 0 radical (unpaired) electrons. The first-order chi connectivity index (χ1) is 8.16. The number of hydrogen-bond donors (Lipinski definition) is 0. The van der Waals surface area contributed by atoms with E-state index in [4.69, 9.17) is 0 Å². The molecule has 0 aromatic heterocycles. The maximum absolute atomic E-state index is 13.4. The van der Waals surface area contributed by atoms with E-state index in [1.807, 2.05) is 32.9 Å². The monoisotopic (exact) mass is 234 g/mol. The number of aryl methyl sites for hydroxylation is 1. The third kappa shape index (κ3) is 3.38. The highest BCUT2D eigenvalue weighted by atomic mass is 19.1. The Labute approximate surface area is 101 Å². The van der Waals surface area contributed by atoms with E-state index >= 15 is 0 Å². The molecule has 0 aliphatic heterocycles. The Morgan fingerprint density at radius 1 is 0.824 bits per heavy atom. The summed E-state index contributed by atoms with van der Waals surface area (Å²) in [4.78, 5) is 0. The van der Waals surface area contributed by atoms with Gasteiger partial charge in [0, 0.05) is 5.56 Å². The largest absolute Gasteiger partial charge is 0.207 e. The predicted octanol–water partition coefficient (Wildman–Crippen LogP) is 4.97. The van der Waals surface area contributed by atoms with Gasteiger partial charge >= 0.3 is 0 Å². The van der Waals surface area contributed by atoms with E-state index in [2.05, 4.69) is 0 Å². The summed E-state index contributed by atoms with van der Waals surface area (Å²) < 4.78 is 26.3. The summed E-state index contributed by atoms with van der Waals surface area (Å²) in [5, 5.41) is 0. The second-order valence-electron chi connectivity index (χ2n) is 3.49. The van der Waals surface area contributed by atoms with Gasteiger partial charge < -0.3 is 0 Å². The molecule has 0 aliphatic carbocycles. The van der Waals surface area contributed by atoms with Crippen molar-refractivity contribution in [2.45, 2.75) is 20.8 Å². The minimum atomic E-state index is -0.424. The molecule has 0 saturated carbocycles. The van der Waals surface area contributed by atoms with Gasteiger partial charge in [-0.05, 0) is 30.7 Å². The van der Waals surface area contributed by atoms with Crippen LogP contribution in [0.2, 0.25) is 0 Å². The maximum Gasteiger partial charge on any atom is 0.131 e. The highest BCUT2D eigenvalue weighted by Crippen LogP contribution is 2.23. The predicted molar refractivity (Wildman–Crippen MR) is 67.9 cm³/mol. The van der Waals surface area contributed by atoms with Crippen LogP contribution in [0.25, 0.3) is 11.1 Å². The lowest BCUT2D eigenvalue weighted by Crippen LogP contribution is -1.86. The Bertz CT molecular complexity index is 473. The average molecular weight is 234 g/mol. The van der Waals surface area contributed by atoms with E-state index in [0.717, 1.165) is 17.7 Å². The Balaban J connectivity index is 0.000000686. The van der Waals surface area contributed by atoms with E-state index in [1.54, 1.807) is 12.1 Å². The standard InChI is InChI=1S/C13H10F2.C2H6/c1-9-2-4-10(5-3-9)12-8-11(14)6-7-13(12)15;1-2/h2-8H,1H3;1-2H3. The van der Waals surface area contributed by atoms with E-state index in [1.165, 1.54) is 6.07 Å².